The van der Waals surface area contributed by atoms with Gasteiger partial charge in [0.25, 0.3) is 5.91 Å². The van der Waals surface area contributed by atoms with Crippen LogP contribution in [0.3, 0.4) is 0 Å². The summed E-state index contributed by atoms with van der Waals surface area (Å²) in [6, 6.07) is 10.8. The summed E-state index contributed by atoms with van der Waals surface area (Å²) in [6.45, 7) is 3.36. The maximum atomic E-state index is 12.6. The average Bonchev–Trinajstić information content (AvgIpc) is 2.62. The summed E-state index contributed by atoms with van der Waals surface area (Å²) >= 11 is 0. The molecule has 0 radical (unpaired) electrons. The highest BCUT2D eigenvalue weighted by Crippen LogP contribution is 2.18. The molecule has 2 heterocycles. The highest BCUT2D eigenvalue weighted by Gasteiger charge is 2.20. The van der Waals surface area contributed by atoms with Crippen LogP contribution < -0.4 is 5.32 Å². The second-order valence-corrected chi connectivity index (χ2v) is 5.85. The molecule has 1 aliphatic rings. The van der Waals surface area contributed by atoms with Gasteiger partial charge in [-0.25, -0.2) is 9.97 Å². The van der Waals surface area contributed by atoms with E-state index in [1.54, 1.807) is 25.1 Å². The SMILES string of the molecule is Cc1nc(Nc2ccc(C#N)cc2)cc(C(=O)N2CCCCC2)n1. The third kappa shape index (κ3) is 3.69. The number of nitriles is 1. The highest BCUT2D eigenvalue weighted by atomic mass is 16.2. The van der Waals surface area contributed by atoms with Crippen molar-refractivity contribution in [3.8, 4) is 6.07 Å². The summed E-state index contributed by atoms with van der Waals surface area (Å²) in [6.07, 6.45) is 3.27. The number of aromatic nitrogens is 2. The van der Waals surface area contributed by atoms with Crippen LogP contribution in [0.4, 0.5) is 11.5 Å². The van der Waals surface area contributed by atoms with Crippen molar-refractivity contribution in [3.63, 3.8) is 0 Å². The van der Waals surface area contributed by atoms with Crippen molar-refractivity contribution in [1.82, 2.24) is 14.9 Å². The number of likely N-dealkylation sites (tertiary alicyclic amines) is 1. The molecule has 0 atom stereocenters. The molecule has 6 heteroatoms. The maximum Gasteiger partial charge on any atom is 0.272 e. The summed E-state index contributed by atoms with van der Waals surface area (Å²) < 4.78 is 0. The first kappa shape index (κ1) is 15.9. The minimum atomic E-state index is -0.0388. The summed E-state index contributed by atoms with van der Waals surface area (Å²) in [7, 11) is 0. The van der Waals surface area contributed by atoms with Crippen LogP contribution >= 0.6 is 0 Å². The van der Waals surface area contributed by atoms with Crippen molar-refractivity contribution < 1.29 is 4.79 Å². The van der Waals surface area contributed by atoms with Gasteiger partial charge in [-0.3, -0.25) is 4.79 Å². The molecule has 1 fully saturated rings. The van der Waals surface area contributed by atoms with E-state index < -0.39 is 0 Å². The number of carbonyl (C=O) groups is 1. The van der Waals surface area contributed by atoms with E-state index in [2.05, 4.69) is 21.4 Å². The summed E-state index contributed by atoms with van der Waals surface area (Å²) in [5.74, 6) is 1.09. The molecule has 24 heavy (non-hydrogen) atoms. The highest BCUT2D eigenvalue weighted by molar-refractivity contribution is 5.93. The lowest BCUT2D eigenvalue weighted by Gasteiger charge is -2.26. The molecule has 1 aliphatic heterocycles. The van der Waals surface area contributed by atoms with E-state index in [1.165, 1.54) is 6.42 Å². The Kier molecular flexibility index (Phi) is 4.71. The second-order valence-electron chi connectivity index (χ2n) is 5.85. The smallest absolute Gasteiger partial charge is 0.272 e. The summed E-state index contributed by atoms with van der Waals surface area (Å²) in [4.78, 5) is 23.1. The van der Waals surface area contributed by atoms with Crippen molar-refractivity contribution in [2.24, 2.45) is 0 Å². The number of rotatable bonds is 3. The Morgan fingerprint density at radius 3 is 2.54 bits per heavy atom. The normalized spacial score (nSPS) is 14.1. The third-order valence-electron chi connectivity index (χ3n) is 3.99. The lowest BCUT2D eigenvalue weighted by Crippen LogP contribution is -2.36. The Labute approximate surface area is 141 Å². The fourth-order valence-corrected chi connectivity index (χ4v) is 2.78. The Bertz CT molecular complexity index is 773. The minimum absolute atomic E-state index is 0.0388. The van der Waals surface area contributed by atoms with Crippen molar-refractivity contribution in [2.45, 2.75) is 26.2 Å². The van der Waals surface area contributed by atoms with Gasteiger partial charge in [-0.15, -0.1) is 0 Å². The van der Waals surface area contributed by atoms with E-state index in [0.29, 0.717) is 22.9 Å². The first-order chi connectivity index (χ1) is 11.7. The molecular weight excluding hydrogens is 302 g/mol. The van der Waals surface area contributed by atoms with Crippen molar-refractivity contribution >= 4 is 17.4 Å². The predicted molar refractivity (Wildman–Crippen MR) is 91.0 cm³/mol. The van der Waals surface area contributed by atoms with Crippen molar-refractivity contribution in [1.29, 1.82) is 5.26 Å². The number of hydrogen-bond donors (Lipinski definition) is 1. The zero-order valence-electron chi connectivity index (χ0n) is 13.6. The molecule has 1 N–H and O–H groups in total. The lowest BCUT2D eigenvalue weighted by molar-refractivity contribution is 0.0718. The summed E-state index contributed by atoms with van der Waals surface area (Å²) in [5, 5.41) is 12.0. The standard InChI is InChI=1S/C18H19N5O/c1-13-20-16(18(24)23-9-3-2-4-10-23)11-17(21-13)22-15-7-5-14(12-19)6-8-15/h5-8,11H,2-4,9-10H2,1H3,(H,20,21,22). The molecule has 6 nitrogen and oxygen atoms in total. The Morgan fingerprint density at radius 1 is 1.17 bits per heavy atom. The van der Waals surface area contributed by atoms with E-state index >= 15 is 0 Å². The van der Waals surface area contributed by atoms with Crippen LogP contribution in [0.15, 0.2) is 30.3 Å². The van der Waals surface area contributed by atoms with E-state index in [-0.39, 0.29) is 5.91 Å². The zero-order chi connectivity index (χ0) is 16.9. The molecule has 1 saturated heterocycles. The number of carbonyl (C=O) groups excluding carboxylic acids is 1. The summed E-state index contributed by atoms with van der Waals surface area (Å²) in [5.41, 5.74) is 1.82. The number of benzene rings is 1. The zero-order valence-corrected chi connectivity index (χ0v) is 13.6. The van der Waals surface area contributed by atoms with Gasteiger partial charge in [-0.05, 0) is 50.5 Å². The van der Waals surface area contributed by atoms with Gasteiger partial charge < -0.3 is 10.2 Å². The van der Waals surface area contributed by atoms with E-state index in [4.69, 9.17) is 5.26 Å². The molecule has 1 aromatic heterocycles. The third-order valence-corrected chi connectivity index (χ3v) is 3.99. The van der Waals surface area contributed by atoms with Crippen molar-refractivity contribution in [3.05, 3.63) is 47.4 Å². The van der Waals surface area contributed by atoms with Crippen LogP contribution in [0.1, 0.15) is 41.1 Å². The van der Waals surface area contributed by atoms with Gasteiger partial charge in [0.2, 0.25) is 0 Å². The van der Waals surface area contributed by atoms with Crippen LogP contribution in [0.25, 0.3) is 0 Å². The largest absolute Gasteiger partial charge is 0.340 e. The van der Waals surface area contributed by atoms with Gasteiger partial charge in [0, 0.05) is 24.8 Å². The molecular formula is C18H19N5O. The quantitative estimate of drug-likeness (QED) is 0.939. The number of nitrogens with one attached hydrogen (secondary N) is 1. The first-order valence-corrected chi connectivity index (χ1v) is 8.08. The van der Waals surface area contributed by atoms with Crippen LogP contribution in [0, 0.1) is 18.3 Å². The van der Waals surface area contributed by atoms with Crippen LogP contribution in [0.5, 0.6) is 0 Å². The van der Waals surface area contributed by atoms with E-state index in [0.717, 1.165) is 31.6 Å². The van der Waals surface area contributed by atoms with Gasteiger partial charge in [-0.2, -0.15) is 5.26 Å². The lowest BCUT2D eigenvalue weighted by atomic mass is 10.1. The molecule has 0 unspecified atom stereocenters. The van der Waals surface area contributed by atoms with E-state index in [9.17, 15) is 4.79 Å². The fraction of sp³-hybridized carbons (Fsp3) is 0.333. The van der Waals surface area contributed by atoms with Crippen LogP contribution in [0.2, 0.25) is 0 Å². The van der Waals surface area contributed by atoms with Gasteiger partial charge in [-0.1, -0.05) is 0 Å². The second kappa shape index (κ2) is 7.09. The van der Waals surface area contributed by atoms with Crippen molar-refractivity contribution in [2.75, 3.05) is 18.4 Å². The number of amides is 1. The van der Waals surface area contributed by atoms with Crippen LogP contribution in [-0.2, 0) is 0 Å². The molecule has 0 aliphatic carbocycles. The molecule has 1 aromatic carbocycles. The predicted octanol–water partition coefficient (Wildman–Crippen LogP) is 3.03. The monoisotopic (exact) mass is 321 g/mol. The molecule has 0 saturated carbocycles. The number of nitrogens with zero attached hydrogens (tertiary/aromatic N) is 4. The molecule has 122 valence electrons. The molecule has 0 spiro atoms. The van der Waals surface area contributed by atoms with Gasteiger partial charge >= 0.3 is 0 Å². The number of anilines is 2. The Morgan fingerprint density at radius 2 is 1.88 bits per heavy atom. The average molecular weight is 321 g/mol. The van der Waals surface area contributed by atoms with Crippen LogP contribution in [-0.4, -0.2) is 33.9 Å². The Hall–Kier alpha value is -2.94. The molecule has 0 bridgehead atoms. The maximum absolute atomic E-state index is 12.6. The molecule has 2 aromatic rings. The number of piperidine rings is 1. The first-order valence-electron chi connectivity index (χ1n) is 8.08. The number of aryl methyl sites for hydroxylation is 1. The fourth-order valence-electron chi connectivity index (χ4n) is 2.78. The minimum Gasteiger partial charge on any atom is -0.340 e. The molecule has 3 rings (SSSR count). The topological polar surface area (TPSA) is 81.9 Å². The van der Waals surface area contributed by atoms with Gasteiger partial charge in [0.05, 0.1) is 11.6 Å². The van der Waals surface area contributed by atoms with E-state index in [1.807, 2.05) is 17.0 Å². The Balaban J connectivity index is 1.80. The van der Waals surface area contributed by atoms with Gasteiger partial charge in [0.1, 0.15) is 17.3 Å². The number of hydrogen-bond acceptors (Lipinski definition) is 5. The van der Waals surface area contributed by atoms with Gasteiger partial charge in [0.15, 0.2) is 0 Å². The molecule has 1 amide bonds.